The number of hydrogen-bond acceptors (Lipinski definition) is 4. The van der Waals surface area contributed by atoms with E-state index in [2.05, 4.69) is 5.32 Å². The molecule has 0 saturated heterocycles. The molecular formula is C13H9ClN2O3. The SMILES string of the molecule is O=[N+]([O-])c1cc(O)c(Cl)c2c1NC1C=CC=CC1=C2. The van der Waals surface area contributed by atoms with Gasteiger partial charge in [-0.15, -0.1) is 0 Å². The van der Waals surface area contributed by atoms with E-state index in [9.17, 15) is 15.2 Å². The summed E-state index contributed by atoms with van der Waals surface area (Å²) in [5.74, 6) is -0.292. The molecule has 3 rings (SSSR count). The number of fused-ring (bicyclic) bond motifs is 2. The number of benzene rings is 1. The normalized spacial score (nSPS) is 19.2. The van der Waals surface area contributed by atoms with Crippen molar-refractivity contribution in [2.75, 3.05) is 5.32 Å². The van der Waals surface area contributed by atoms with Crippen LogP contribution in [0.4, 0.5) is 11.4 Å². The molecule has 1 aliphatic heterocycles. The molecular weight excluding hydrogens is 268 g/mol. The van der Waals surface area contributed by atoms with Gasteiger partial charge in [0, 0.05) is 5.56 Å². The third-order valence-electron chi connectivity index (χ3n) is 3.13. The highest BCUT2D eigenvalue weighted by molar-refractivity contribution is 6.34. The highest BCUT2D eigenvalue weighted by Gasteiger charge is 2.28. The number of allylic oxidation sites excluding steroid dienone is 2. The minimum Gasteiger partial charge on any atom is -0.506 e. The zero-order valence-electron chi connectivity index (χ0n) is 9.63. The Morgan fingerprint density at radius 3 is 2.95 bits per heavy atom. The van der Waals surface area contributed by atoms with Gasteiger partial charge in [0.05, 0.1) is 22.1 Å². The van der Waals surface area contributed by atoms with E-state index in [-0.39, 0.29) is 22.5 Å². The molecule has 1 unspecified atom stereocenters. The number of nitro groups is 1. The summed E-state index contributed by atoms with van der Waals surface area (Å²) in [4.78, 5) is 10.5. The van der Waals surface area contributed by atoms with Crippen LogP contribution in [0.3, 0.4) is 0 Å². The Balaban J connectivity index is 2.26. The van der Waals surface area contributed by atoms with E-state index in [0.717, 1.165) is 11.6 Å². The van der Waals surface area contributed by atoms with E-state index in [4.69, 9.17) is 11.6 Å². The van der Waals surface area contributed by atoms with Gasteiger partial charge >= 0.3 is 0 Å². The molecule has 19 heavy (non-hydrogen) atoms. The van der Waals surface area contributed by atoms with Gasteiger partial charge in [-0.05, 0) is 11.6 Å². The highest BCUT2D eigenvalue weighted by atomic mass is 35.5. The van der Waals surface area contributed by atoms with Crippen molar-refractivity contribution in [3.8, 4) is 5.75 Å². The van der Waals surface area contributed by atoms with Crippen LogP contribution in [-0.4, -0.2) is 16.1 Å². The second kappa shape index (κ2) is 4.13. The Kier molecular flexibility index (Phi) is 2.57. The van der Waals surface area contributed by atoms with Crippen LogP contribution >= 0.6 is 11.6 Å². The molecule has 2 aliphatic rings. The van der Waals surface area contributed by atoms with E-state index in [1.807, 2.05) is 24.3 Å². The van der Waals surface area contributed by atoms with Crippen LogP contribution in [0, 0.1) is 10.1 Å². The standard InChI is InChI=1S/C13H9ClN2O3/c14-12-8-5-7-3-1-2-4-9(7)15-13(8)10(16(18)19)6-11(12)17/h1-6,9,15,17H. The summed E-state index contributed by atoms with van der Waals surface area (Å²) in [6.45, 7) is 0. The zero-order chi connectivity index (χ0) is 13.6. The van der Waals surface area contributed by atoms with Crippen LogP contribution in [0.1, 0.15) is 5.56 Å². The lowest BCUT2D eigenvalue weighted by atomic mass is 9.93. The number of nitrogens with zero attached hydrogens (tertiary/aromatic N) is 1. The molecule has 0 saturated carbocycles. The van der Waals surface area contributed by atoms with Crippen molar-refractivity contribution in [1.82, 2.24) is 0 Å². The van der Waals surface area contributed by atoms with Gasteiger partial charge < -0.3 is 10.4 Å². The molecule has 1 aliphatic carbocycles. The Morgan fingerprint density at radius 2 is 2.21 bits per heavy atom. The highest BCUT2D eigenvalue weighted by Crippen LogP contribution is 2.44. The maximum atomic E-state index is 11.1. The van der Waals surface area contributed by atoms with Gasteiger partial charge in [0.1, 0.15) is 11.4 Å². The van der Waals surface area contributed by atoms with E-state index in [1.165, 1.54) is 0 Å². The van der Waals surface area contributed by atoms with Gasteiger partial charge in [-0.2, -0.15) is 0 Å². The maximum absolute atomic E-state index is 11.1. The number of aromatic hydroxyl groups is 1. The van der Waals surface area contributed by atoms with E-state index in [0.29, 0.717) is 11.3 Å². The molecule has 1 atom stereocenters. The molecule has 1 heterocycles. The molecule has 2 N–H and O–H groups in total. The van der Waals surface area contributed by atoms with Crippen molar-refractivity contribution in [3.05, 3.63) is 56.6 Å². The quantitative estimate of drug-likeness (QED) is 0.469. The van der Waals surface area contributed by atoms with Crippen molar-refractivity contribution >= 4 is 29.1 Å². The lowest BCUT2D eigenvalue weighted by Crippen LogP contribution is -2.24. The molecule has 0 radical (unpaired) electrons. The first kappa shape index (κ1) is 11.8. The third-order valence-corrected chi connectivity index (χ3v) is 3.53. The lowest BCUT2D eigenvalue weighted by Gasteiger charge is -2.26. The number of rotatable bonds is 1. The van der Waals surface area contributed by atoms with E-state index in [1.54, 1.807) is 6.08 Å². The minimum atomic E-state index is -0.539. The summed E-state index contributed by atoms with van der Waals surface area (Å²) in [7, 11) is 0. The van der Waals surface area contributed by atoms with Gasteiger partial charge in [-0.3, -0.25) is 10.1 Å². The number of phenolic OH excluding ortho intramolecular Hbond substituents is 1. The van der Waals surface area contributed by atoms with Crippen LogP contribution < -0.4 is 5.32 Å². The van der Waals surface area contributed by atoms with Crippen molar-refractivity contribution < 1.29 is 10.0 Å². The average Bonchev–Trinajstić information content (AvgIpc) is 2.41. The molecule has 0 aromatic heterocycles. The third kappa shape index (κ3) is 1.79. The molecule has 5 nitrogen and oxygen atoms in total. The topological polar surface area (TPSA) is 75.4 Å². The van der Waals surface area contributed by atoms with Crippen molar-refractivity contribution in [2.24, 2.45) is 0 Å². The average molecular weight is 277 g/mol. The van der Waals surface area contributed by atoms with E-state index >= 15 is 0 Å². The van der Waals surface area contributed by atoms with Crippen molar-refractivity contribution in [3.63, 3.8) is 0 Å². The van der Waals surface area contributed by atoms with Gasteiger partial charge in [0.2, 0.25) is 0 Å². The molecule has 0 fully saturated rings. The first-order valence-corrected chi connectivity index (χ1v) is 5.98. The molecule has 1 aromatic carbocycles. The Morgan fingerprint density at radius 1 is 1.42 bits per heavy atom. The van der Waals surface area contributed by atoms with Crippen molar-refractivity contribution in [1.29, 1.82) is 0 Å². The second-order valence-electron chi connectivity index (χ2n) is 4.28. The van der Waals surface area contributed by atoms with Crippen LogP contribution in [0.25, 0.3) is 6.08 Å². The fourth-order valence-electron chi connectivity index (χ4n) is 2.23. The molecule has 0 amide bonds. The zero-order valence-corrected chi connectivity index (χ0v) is 10.4. The monoisotopic (exact) mass is 276 g/mol. The van der Waals surface area contributed by atoms with E-state index < -0.39 is 4.92 Å². The first-order chi connectivity index (χ1) is 9.08. The number of hydrogen-bond donors (Lipinski definition) is 2. The molecule has 1 aromatic rings. The molecule has 0 bridgehead atoms. The van der Waals surface area contributed by atoms with Crippen molar-refractivity contribution in [2.45, 2.75) is 6.04 Å². The number of nitrogens with one attached hydrogen (secondary N) is 1. The predicted molar refractivity (Wildman–Crippen MR) is 73.4 cm³/mol. The summed E-state index contributed by atoms with van der Waals surface area (Å²) < 4.78 is 0. The summed E-state index contributed by atoms with van der Waals surface area (Å²) in [6.07, 6.45) is 9.30. The fourth-order valence-corrected chi connectivity index (χ4v) is 2.43. The fraction of sp³-hybridized carbons (Fsp3) is 0.0769. The Hall–Kier alpha value is -2.27. The summed E-state index contributed by atoms with van der Waals surface area (Å²) in [5.41, 5.74) is 1.54. The van der Waals surface area contributed by atoms with Crippen LogP contribution in [0.2, 0.25) is 5.02 Å². The number of nitro benzene ring substituents is 1. The predicted octanol–water partition coefficient (Wildman–Crippen LogP) is 3.26. The summed E-state index contributed by atoms with van der Waals surface area (Å²) in [6, 6.07) is 0.951. The van der Waals surface area contributed by atoms with Gasteiger partial charge in [0.25, 0.3) is 5.69 Å². The molecule has 0 spiro atoms. The Labute approximate surface area is 113 Å². The maximum Gasteiger partial charge on any atom is 0.296 e. The lowest BCUT2D eigenvalue weighted by molar-refractivity contribution is -0.384. The second-order valence-corrected chi connectivity index (χ2v) is 4.66. The molecule has 6 heteroatoms. The summed E-state index contributed by atoms with van der Waals surface area (Å²) >= 11 is 6.02. The number of phenols is 1. The number of anilines is 1. The number of halogens is 1. The van der Waals surface area contributed by atoms with Gasteiger partial charge in [-0.25, -0.2) is 0 Å². The molecule has 96 valence electrons. The van der Waals surface area contributed by atoms with Gasteiger partial charge in [0.15, 0.2) is 0 Å². The van der Waals surface area contributed by atoms with Gasteiger partial charge in [-0.1, -0.05) is 35.9 Å². The first-order valence-electron chi connectivity index (χ1n) is 5.61. The largest absolute Gasteiger partial charge is 0.506 e. The Bertz CT molecular complexity index is 677. The summed E-state index contributed by atoms with van der Waals surface area (Å²) in [5, 5.41) is 23.9. The minimum absolute atomic E-state index is 0.113. The smallest absolute Gasteiger partial charge is 0.296 e. The van der Waals surface area contributed by atoms with Crippen LogP contribution in [0.15, 0.2) is 35.9 Å². The van der Waals surface area contributed by atoms with Crippen LogP contribution in [0.5, 0.6) is 5.75 Å². The van der Waals surface area contributed by atoms with Crippen LogP contribution in [-0.2, 0) is 0 Å².